The molecule has 0 fully saturated rings. The Morgan fingerprint density at radius 1 is 0.706 bits per heavy atom. The van der Waals surface area contributed by atoms with E-state index in [1.807, 2.05) is 0 Å². The summed E-state index contributed by atoms with van der Waals surface area (Å²) in [6.07, 6.45) is 0. The van der Waals surface area contributed by atoms with Gasteiger partial charge in [0, 0.05) is 0 Å². The van der Waals surface area contributed by atoms with Crippen LogP contribution in [0.2, 0.25) is 0 Å². The van der Waals surface area contributed by atoms with Crippen LogP contribution in [0.25, 0.3) is 0 Å². The number of aliphatic hydroxyl groups excluding tert-OH is 3. The van der Waals surface area contributed by atoms with E-state index < -0.39 is 50.9 Å². The van der Waals surface area contributed by atoms with Crippen molar-refractivity contribution in [3.05, 3.63) is 0 Å². The van der Waals surface area contributed by atoms with Crippen LogP contribution in [0.4, 0.5) is 0 Å². The number of hydrogen-bond donors (Lipinski definition) is 4. The first kappa shape index (κ1) is 16.7. The Morgan fingerprint density at radius 3 is 1.00 bits per heavy atom. The van der Waals surface area contributed by atoms with Gasteiger partial charge in [-0.15, -0.1) is 0 Å². The number of rotatable bonds is 6. The zero-order valence-electron chi connectivity index (χ0n) is 8.21. The third kappa shape index (κ3) is 2.31. The highest BCUT2D eigenvalue weighted by Crippen LogP contribution is 2.27. The molecule has 104 valence electrons. The molecule has 0 saturated carbocycles. The zero-order valence-corrected chi connectivity index (χ0v) is 10.7. The van der Waals surface area contributed by atoms with Gasteiger partial charge < -0.3 is 15.3 Å². The molecular weight excluding hydrogens is 302 g/mol. The highest BCUT2D eigenvalue weighted by Gasteiger charge is 2.61. The largest absolute Gasteiger partial charge is 0.380 e. The topological polar surface area (TPSA) is 189 Å². The Labute approximate surface area is 97.4 Å². The molecule has 0 aliphatic carbocycles. The fraction of sp³-hybridized carbons (Fsp3) is 1.00. The maximum atomic E-state index is 11.3. The minimum atomic E-state index is -5.26. The molecule has 0 heterocycles. The van der Waals surface area contributed by atoms with Gasteiger partial charge in [-0.3, -0.25) is 5.73 Å². The van der Waals surface area contributed by atoms with Gasteiger partial charge in [-0.2, -0.15) is 0 Å². The lowest BCUT2D eigenvalue weighted by Crippen LogP contribution is -2.62. The average molecular weight is 313 g/mol. The molecule has 0 aliphatic rings. The smallest absolute Gasteiger partial charge is 0.328 e. The number of nitrogens with two attached hydrogens (primary N) is 1. The minimum Gasteiger partial charge on any atom is -0.380 e. The summed E-state index contributed by atoms with van der Waals surface area (Å²) in [5.74, 6) is -5.66. The molecule has 0 atom stereocenters. The van der Waals surface area contributed by atoms with Crippen LogP contribution in [0.3, 0.4) is 0 Å². The van der Waals surface area contributed by atoms with E-state index >= 15 is 0 Å². The Kier molecular flexibility index (Phi) is 4.67. The molecule has 0 aromatic heterocycles. The van der Waals surface area contributed by atoms with Crippen molar-refractivity contribution >= 4 is 29.5 Å². The monoisotopic (exact) mass is 313 g/mol. The summed E-state index contributed by atoms with van der Waals surface area (Å²) >= 11 is 0. The van der Waals surface area contributed by atoms with E-state index in [9.17, 15) is 25.3 Å². The molecule has 0 radical (unpaired) electrons. The van der Waals surface area contributed by atoms with Gasteiger partial charge in [-0.25, -0.2) is 25.3 Å². The lowest BCUT2D eigenvalue weighted by molar-refractivity contribution is 0.344. The predicted octanol–water partition coefficient (Wildman–Crippen LogP) is -4.35. The van der Waals surface area contributed by atoms with Crippen LogP contribution in [0.15, 0.2) is 0 Å². The second-order valence-electron chi connectivity index (χ2n) is 2.84. The summed E-state index contributed by atoms with van der Waals surface area (Å²) in [5, 5.41) is 25.5. The molecule has 10 nitrogen and oxygen atoms in total. The minimum absolute atomic E-state index is 1.89. The summed E-state index contributed by atoms with van der Waals surface area (Å²) in [4.78, 5) is 0. The number of aliphatic hydroxyl groups is 3. The predicted molar refractivity (Wildman–Crippen MR) is 54.9 cm³/mol. The molecular formula is C4H11NO9S3. The molecule has 0 aromatic rings. The summed E-state index contributed by atoms with van der Waals surface area (Å²) < 4.78 is 63.7. The first-order chi connectivity index (χ1) is 7.43. The fourth-order valence-electron chi connectivity index (χ4n) is 0.850. The molecule has 0 aliphatic heterocycles. The van der Waals surface area contributed by atoms with Crippen molar-refractivity contribution in [2.75, 3.05) is 17.8 Å². The molecule has 5 N–H and O–H groups in total. The summed E-state index contributed by atoms with van der Waals surface area (Å²) in [5.41, 5.74) is 4.82. The van der Waals surface area contributed by atoms with Crippen LogP contribution in [-0.4, -0.2) is 61.9 Å². The van der Waals surface area contributed by atoms with E-state index in [1.165, 1.54) is 0 Å². The third-order valence-electron chi connectivity index (χ3n) is 1.81. The SMILES string of the molecule is NC(S(=O)(=O)CO)(S(=O)(=O)CO)S(=O)(=O)CO. The van der Waals surface area contributed by atoms with Crippen LogP contribution < -0.4 is 5.73 Å². The van der Waals surface area contributed by atoms with E-state index in [0.717, 1.165) is 0 Å². The summed E-state index contributed by atoms with van der Waals surface area (Å²) in [6.45, 7) is 0. The van der Waals surface area contributed by atoms with Crippen molar-refractivity contribution in [2.24, 2.45) is 5.73 Å². The zero-order chi connectivity index (χ0) is 14.1. The first-order valence-electron chi connectivity index (χ1n) is 3.72. The molecule has 0 spiro atoms. The van der Waals surface area contributed by atoms with E-state index in [2.05, 4.69) is 0 Å². The van der Waals surface area contributed by atoms with Crippen LogP contribution in [0.1, 0.15) is 0 Å². The molecule has 0 aromatic carbocycles. The molecule has 0 bridgehead atoms. The van der Waals surface area contributed by atoms with Crippen molar-refractivity contribution in [2.45, 2.75) is 3.54 Å². The maximum Gasteiger partial charge on any atom is 0.328 e. The summed E-state index contributed by atoms with van der Waals surface area (Å²) in [7, 11) is -15.8. The van der Waals surface area contributed by atoms with Gasteiger partial charge in [0.05, 0.1) is 0 Å². The Hall–Kier alpha value is -0.310. The molecule has 0 saturated heterocycles. The number of sulfone groups is 3. The molecule has 17 heavy (non-hydrogen) atoms. The van der Waals surface area contributed by atoms with Gasteiger partial charge in [-0.05, 0) is 0 Å². The lowest BCUT2D eigenvalue weighted by Gasteiger charge is -2.25. The average Bonchev–Trinajstić information content (AvgIpc) is 2.27. The van der Waals surface area contributed by atoms with E-state index in [-0.39, 0.29) is 0 Å². The molecule has 0 rings (SSSR count). The molecule has 13 heteroatoms. The fourth-order valence-corrected chi connectivity index (χ4v) is 6.98. The van der Waals surface area contributed by atoms with Gasteiger partial charge in [0.2, 0.25) is 29.5 Å². The van der Waals surface area contributed by atoms with Gasteiger partial charge >= 0.3 is 3.54 Å². The number of hydrogen-bond acceptors (Lipinski definition) is 10. The maximum absolute atomic E-state index is 11.3. The second kappa shape index (κ2) is 4.75. The van der Waals surface area contributed by atoms with Crippen LogP contribution in [-0.2, 0) is 29.5 Å². The molecule has 0 amide bonds. The van der Waals surface area contributed by atoms with Crippen molar-refractivity contribution < 1.29 is 40.6 Å². The second-order valence-corrected chi connectivity index (χ2v) is 10.0. The normalized spacial score (nSPS) is 14.8. The quantitative estimate of drug-likeness (QED) is 0.373. The van der Waals surface area contributed by atoms with Crippen molar-refractivity contribution in [3.8, 4) is 0 Å². The van der Waals surface area contributed by atoms with Crippen LogP contribution >= 0.6 is 0 Å². The standard InChI is InChI=1S/C4H11NO9S3/c5-4(15(9,10)1-6,16(11,12)2-7)17(13,14)3-8/h6-8H,1-3,5H2. The van der Waals surface area contributed by atoms with E-state index in [1.54, 1.807) is 0 Å². The lowest BCUT2D eigenvalue weighted by atomic mass is 11.4. The Balaban J connectivity index is 6.53. The van der Waals surface area contributed by atoms with Crippen molar-refractivity contribution in [3.63, 3.8) is 0 Å². The van der Waals surface area contributed by atoms with Gasteiger partial charge in [0.15, 0.2) is 0 Å². The summed E-state index contributed by atoms with van der Waals surface area (Å²) in [6, 6.07) is 0. The highest BCUT2D eigenvalue weighted by molar-refractivity contribution is 8.25. The Morgan fingerprint density at radius 2 is 0.882 bits per heavy atom. The first-order valence-corrected chi connectivity index (χ1v) is 8.67. The van der Waals surface area contributed by atoms with Gasteiger partial charge in [-0.1, -0.05) is 0 Å². The van der Waals surface area contributed by atoms with E-state index in [4.69, 9.17) is 21.1 Å². The van der Waals surface area contributed by atoms with Gasteiger partial charge in [0.25, 0.3) is 0 Å². The molecule has 0 unspecified atom stereocenters. The van der Waals surface area contributed by atoms with Crippen molar-refractivity contribution in [1.82, 2.24) is 0 Å². The Bertz CT molecular complexity index is 486. The van der Waals surface area contributed by atoms with Crippen molar-refractivity contribution in [1.29, 1.82) is 0 Å². The van der Waals surface area contributed by atoms with E-state index in [0.29, 0.717) is 0 Å². The van der Waals surface area contributed by atoms with Crippen LogP contribution in [0, 0.1) is 0 Å². The van der Waals surface area contributed by atoms with Gasteiger partial charge in [0.1, 0.15) is 17.8 Å². The third-order valence-corrected chi connectivity index (χ3v) is 10.0. The van der Waals surface area contributed by atoms with Crippen LogP contribution in [0.5, 0.6) is 0 Å². The highest BCUT2D eigenvalue weighted by atomic mass is 32.3.